The number of aromatic carboxylic acids is 1. The van der Waals surface area contributed by atoms with Crippen LogP contribution in [0.1, 0.15) is 10.5 Å². The maximum absolute atomic E-state index is 10.8. The maximum Gasteiger partial charge on any atom is 0.357 e. The Labute approximate surface area is 93.1 Å². The third-order valence-corrected chi connectivity index (χ3v) is 2.48. The number of carboxylic acids is 1. The summed E-state index contributed by atoms with van der Waals surface area (Å²) in [4.78, 5) is 18.9. The molecule has 0 aliphatic heterocycles. The summed E-state index contributed by atoms with van der Waals surface area (Å²) in [6, 6.07) is 7.18. The summed E-state index contributed by atoms with van der Waals surface area (Å²) in [5.74, 6) is -1.05. The van der Waals surface area contributed by atoms with Crippen LogP contribution in [0.3, 0.4) is 0 Å². The lowest BCUT2D eigenvalue weighted by Crippen LogP contribution is -2.05. The van der Waals surface area contributed by atoms with Gasteiger partial charge in [-0.05, 0) is 34.7 Å². The molecule has 2 aromatic rings. The van der Waals surface area contributed by atoms with E-state index in [0.29, 0.717) is 14.7 Å². The van der Waals surface area contributed by atoms with Gasteiger partial charge in [0.1, 0.15) is 3.70 Å². The van der Waals surface area contributed by atoms with E-state index in [4.69, 9.17) is 5.11 Å². The van der Waals surface area contributed by atoms with Crippen LogP contribution in [-0.4, -0.2) is 21.0 Å². The first kappa shape index (κ1) is 9.32. The summed E-state index contributed by atoms with van der Waals surface area (Å²) >= 11 is 1.87. The molecule has 0 saturated heterocycles. The number of nitrogens with zero attached hydrogens (tertiary/aromatic N) is 2. The van der Waals surface area contributed by atoms with Crippen molar-refractivity contribution in [2.45, 2.75) is 0 Å². The molecule has 2 rings (SSSR count). The van der Waals surface area contributed by atoms with Gasteiger partial charge in [0.15, 0.2) is 5.69 Å². The predicted octanol–water partition coefficient (Wildman–Crippen LogP) is 1.93. The third-order valence-electron chi connectivity index (χ3n) is 1.73. The lowest BCUT2D eigenvalue weighted by molar-refractivity contribution is 0.0689. The van der Waals surface area contributed by atoms with E-state index in [9.17, 15) is 4.79 Å². The molecule has 1 aromatic heterocycles. The van der Waals surface area contributed by atoms with Crippen LogP contribution in [0.2, 0.25) is 0 Å². The van der Waals surface area contributed by atoms with Crippen molar-refractivity contribution < 1.29 is 9.90 Å². The van der Waals surface area contributed by atoms with Gasteiger partial charge in [0, 0.05) is 0 Å². The Hall–Kier alpha value is -1.24. The van der Waals surface area contributed by atoms with Crippen LogP contribution in [0, 0.1) is 3.70 Å². The zero-order valence-electron chi connectivity index (χ0n) is 6.94. The molecule has 1 N–H and O–H groups in total. The number of hydrogen-bond donors (Lipinski definition) is 1. The maximum atomic E-state index is 10.8. The highest BCUT2D eigenvalue weighted by molar-refractivity contribution is 14.1. The Morgan fingerprint density at radius 2 is 1.79 bits per heavy atom. The van der Waals surface area contributed by atoms with E-state index >= 15 is 0 Å². The number of hydrogen-bond acceptors (Lipinski definition) is 3. The predicted molar refractivity (Wildman–Crippen MR) is 59.2 cm³/mol. The van der Waals surface area contributed by atoms with E-state index in [-0.39, 0.29) is 5.69 Å². The van der Waals surface area contributed by atoms with Crippen LogP contribution in [0.25, 0.3) is 11.0 Å². The van der Waals surface area contributed by atoms with E-state index in [1.54, 1.807) is 18.2 Å². The molecule has 0 unspecified atom stereocenters. The summed E-state index contributed by atoms with van der Waals surface area (Å²) < 4.78 is 0.411. The van der Waals surface area contributed by atoms with Crippen molar-refractivity contribution in [3.05, 3.63) is 33.7 Å². The second kappa shape index (κ2) is 3.49. The lowest BCUT2D eigenvalue weighted by atomic mass is 10.3. The molecule has 0 bridgehead atoms. The van der Waals surface area contributed by atoms with Crippen molar-refractivity contribution in [1.82, 2.24) is 9.97 Å². The van der Waals surface area contributed by atoms with Gasteiger partial charge < -0.3 is 5.11 Å². The Balaban J connectivity index is 2.77. The van der Waals surface area contributed by atoms with Crippen LogP contribution in [0.15, 0.2) is 24.3 Å². The van der Waals surface area contributed by atoms with Crippen LogP contribution >= 0.6 is 22.6 Å². The van der Waals surface area contributed by atoms with E-state index in [1.165, 1.54) is 0 Å². The third kappa shape index (κ3) is 1.54. The summed E-state index contributed by atoms with van der Waals surface area (Å²) in [5, 5.41) is 8.82. The van der Waals surface area contributed by atoms with E-state index in [1.807, 2.05) is 28.7 Å². The van der Waals surface area contributed by atoms with Crippen molar-refractivity contribution in [2.75, 3.05) is 0 Å². The summed E-state index contributed by atoms with van der Waals surface area (Å²) in [7, 11) is 0. The number of carboxylic acid groups (broad SMARTS) is 1. The molecule has 70 valence electrons. The van der Waals surface area contributed by atoms with Crippen LogP contribution in [-0.2, 0) is 0 Å². The number of halogens is 1. The average molecular weight is 300 g/mol. The molecule has 0 radical (unpaired) electrons. The van der Waals surface area contributed by atoms with Gasteiger partial charge >= 0.3 is 5.97 Å². The first-order valence-electron chi connectivity index (χ1n) is 3.84. The number of carbonyl (C=O) groups is 1. The SMILES string of the molecule is O=C(O)c1nc2ccccc2nc1I. The quantitative estimate of drug-likeness (QED) is 0.817. The Bertz CT molecular complexity index is 513. The fraction of sp³-hybridized carbons (Fsp3) is 0. The van der Waals surface area contributed by atoms with Gasteiger partial charge in [-0.25, -0.2) is 14.8 Å². The Kier molecular flexibility index (Phi) is 2.32. The molecule has 4 nitrogen and oxygen atoms in total. The van der Waals surface area contributed by atoms with Crippen molar-refractivity contribution in [1.29, 1.82) is 0 Å². The molecule has 5 heteroatoms. The van der Waals surface area contributed by atoms with Gasteiger partial charge in [-0.3, -0.25) is 0 Å². The molecule has 0 amide bonds. The first-order chi connectivity index (χ1) is 6.68. The van der Waals surface area contributed by atoms with Crippen molar-refractivity contribution in [3.8, 4) is 0 Å². The minimum atomic E-state index is -1.05. The number of benzene rings is 1. The molecule has 1 heterocycles. The minimum Gasteiger partial charge on any atom is -0.476 e. The average Bonchev–Trinajstić information content (AvgIpc) is 2.16. The van der Waals surface area contributed by atoms with Crippen LogP contribution in [0.5, 0.6) is 0 Å². The van der Waals surface area contributed by atoms with Crippen molar-refractivity contribution >= 4 is 39.6 Å². The number of rotatable bonds is 1. The number of aromatic nitrogens is 2. The fourth-order valence-corrected chi connectivity index (χ4v) is 1.73. The Morgan fingerprint density at radius 1 is 1.21 bits per heavy atom. The second-order valence-corrected chi connectivity index (χ2v) is 3.68. The summed E-state index contributed by atoms with van der Waals surface area (Å²) in [6.07, 6.45) is 0. The molecule has 0 atom stereocenters. The molecular weight excluding hydrogens is 295 g/mol. The highest BCUT2D eigenvalue weighted by atomic mass is 127. The Morgan fingerprint density at radius 3 is 2.36 bits per heavy atom. The van der Waals surface area contributed by atoms with Gasteiger partial charge in [-0.1, -0.05) is 12.1 Å². The summed E-state index contributed by atoms with van der Waals surface area (Å²) in [6.45, 7) is 0. The monoisotopic (exact) mass is 300 g/mol. The topological polar surface area (TPSA) is 63.1 Å². The minimum absolute atomic E-state index is 0.00398. The zero-order valence-corrected chi connectivity index (χ0v) is 9.09. The van der Waals surface area contributed by atoms with Gasteiger partial charge in [-0.15, -0.1) is 0 Å². The van der Waals surface area contributed by atoms with Crippen LogP contribution < -0.4 is 0 Å². The highest BCUT2D eigenvalue weighted by Crippen LogP contribution is 2.14. The van der Waals surface area contributed by atoms with Gasteiger partial charge in [0.2, 0.25) is 0 Å². The smallest absolute Gasteiger partial charge is 0.357 e. The molecule has 0 fully saturated rings. The van der Waals surface area contributed by atoms with E-state index in [0.717, 1.165) is 0 Å². The lowest BCUT2D eigenvalue weighted by Gasteiger charge is -2.00. The zero-order chi connectivity index (χ0) is 10.1. The normalized spacial score (nSPS) is 10.4. The largest absolute Gasteiger partial charge is 0.476 e. The molecule has 0 aliphatic carbocycles. The van der Waals surface area contributed by atoms with Crippen LogP contribution in [0.4, 0.5) is 0 Å². The van der Waals surface area contributed by atoms with E-state index in [2.05, 4.69) is 9.97 Å². The highest BCUT2D eigenvalue weighted by Gasteiger charge is 2.12. The molecular formula is C9H5IN2O2. The van der Waals surface area contributed by atoms with Gasteiger partial charge in [0.25, 0.3) is 0 Å². The van der Waals surface area contributed by atoms with Crippen molar-refractivity contribution in [2.24, 2.45) is 0 Å². The second-order valence-electron chi connectivity index (χ2n) is 2.66. The number of para-hydroxylation sites is 2. The number of fused-ring (bicyclic) bond motifs is 1. The fourth-order valence-electron chi connectivity index (χ4n) is 1.11. The first-order valence-corrected chi connectivity index (χ1v) is 4.92. The molecule has 0 saturated carbocycles. The summed E-state index contributed by atoms with van der Waals surface area (Å²) in [5.41, 5.74) is 1.32. The van der Waals surface area contributed by atoms with Gasteiger partial charge in [0.05, 0.1) is 11.0 Å². The van der Waals surface area contributed by atoms with Crippen molar-refractivity contribution in [3.63, 3.8) is 0 Å². The molecule has 0 spiro atoms. The standard InChI is InChI=1S/C9H5IN2O2/c10-8-7(9(13)14)11-5-3-1-2-4-6(5)12-8/h1-4H,(H,13,14). The molecule has 0 aliphatic rings. The van der Waals surface area contributed by atoms with E-state index < -0.39 is 5.97 Å². The molecule has 14 heavy (non-hydrogen) atoms. The van der Waals surface area contributed by atoms with Gasteiger partial charge in [-0.2, -0.15) is 0 Å². The molecule has 1 aromatic carbocycles.